The summed E-state index contributed by atoms with van der Waals surface area (Å²) in [6.07, 6.45) is -0.503. The van der Waals surface area contributed by atoms with Crippen molar-refractivity contribution in [1.82, 2.24) is 19.8 Å². The monoisotopic (exact) mass is 821 g/mol. The molecule has 0 radical (unpaired) electrons. The largest absolute Gasteiger partial charge is 0.462 e. The van der Waals surface area contributed by atoms with Crippen LogP contribution in [0.3, 0.4) is 0 Å². The third-order valence-corrected chi connectivity index (χ3v) is 12.0. The number of amides is 2. The van der Waals surface area contributed by atoms with Gasteiger partial charge < -0.3 is 28.7 Å². The summed E-state index contributed by atoms with van der Waals surface area (Å²) in [5.41, 5.74) is -1.02. The number of nitrogens with zero attached hydrogens (tertiary/aromatic N) is 6. The Kier molecular flexibility index (Phi) is 10.1. The van der Waals surface area contributed by atoms with Gasteiger partial charge in [0.05, 0.1) is 24.2 Å². The van der Waals surface area contributed by atoms with E-state index in [9.17, 15) is 19.2 Å². The molecule has 4 aliphatic rings. The average Bonchev–Trinajstić information content (AvgIpc) is 3.89. The van der Waals surface area contributed by atoms with E-state index in [0.717, 1.165) is 24.2 Å². The number of ether oxygens (including phenoxy) is 4. The Morgan fingerprint density at radius 3 is 2.31 bits per heavy atom. The maximum absolute atomic E-state index is 17.8. The van der Waals surface area contributed by atoms with E-state index in [0.29, 0.717) is 40.1 Å². The molecule has 308 valence electrons. The van der Waals surface area contributed by atoms with Gasteiger partial charge in [-0.05, 0) is 91.1 Å². The first kappa shape index (κ1) is 39.9. The number of nitrogens with one attached hydrogen (secondary N) is 1. The summed E-state index contributed by atoms with van der Waals surface area (Å²) in [6, 6.07) is 4.00. The molecule has 2 amide bonds. The minimum absolute atomic E-state index is 0.0471. The zero-order valence-electron chi connectivity index (χ0n) is 33.5. The lowest BCUT2D eigenvalue weighted by atomic mass is 9.90. The first-order chi connectivity index (χ1) is 27.4. The molecule has 2 bridgehead atoms. The van der Waals surface area contributed by atoms with Gasteiger partial charge in [-0.2, -0.15) is 15.2 Å². The smallest absolute Gasteiger partial charge is 0.412 e. The van der Waals surface area contributed by atoms with Crippen LogP contribution in [-0.4, -0.2) is 101 Å². The molecule has 13 nitrogen and oxygen atoms in total. The number of rotatable bonds is 6. The fourth-order valence-corrected chi connectivity index (χ4v) is 9.65. The van der Waals surface area contributed by atoms with Crippen molar-refractivity contribution in [2.24, 2.45) is 0 Å². The number of fused-ring (bicyclic) bond motifs is 6. The van der Waals surface area contributed by atoms with Crippen molar-refractivity contribution in [3.05, 3.63) is 40.5 Å². The molecule has 4 atom stereocenters. The van der Waals surface area contributed by atoms with Gasteiger partial charge in [-0.15, -0.1) is 11.3 Å². The number of likely N-dealkylation sites (tertiary alicyclic amines) is 2. The molecule has 4 aromatic rings. The third kappa shape index (κ3) is 7.34. The van der Waals surface area contributed by atoms with Crippen LogP contribution in [-0.2, 0) is 27.4 Å². The van der Waals surface area contributed by atoms with Crippen LogP contribution in [0.4, 0.5) is 33.6 Å². The SMILES string of the molecule is CN1C[C@H](F)C[C@H]1COc1nc(N2C3CCC2CN(C(=O)OC(C)(C)C)C3)c2c3c(c(-c4c(F)ccc5sc(NC(=O)OC(C)(C)C)c(C#N)c45)c(F)c2n1)COC3. The molecule has 58 heavy (non-hydrogen) atoms. The van der Waals surface area contributed by atoms with Crippen LogP contribution in [0.2, 0.25) is 0 Å². The van der Waals surface area contributed by atoms with Gasteiger partial charge in [-0.1, -0.05) is 0 Å². The van der Waals surface area contributed by atoms with Gasteiger partial charge in [0.25, 0.3) is 0 Å². The Balaban J connectivity index is 1.29. The molecule has 0 saturated carbocycles. The first-order valence-electron chi connectivity index (χ1n) is 19.4. The number of aromatic nitrogens is 2. The zero-order chi connectivity index (χ0) is 41.4. The van der Waals surface area contributed by atoms with E-state index in [1.165, 1.54) is 12.1 Å². The van der Waals surface area contributed by atoms with E-state index in [1.807, 2.05) is 25.7 Å². The maximum Gasteiger partial charge on any atom is 0.412 e. The number of likely N-dealkylation sites (N-methyl/N-ethyl adjacent to an activating group) is 1. The lowest BCUT2D eigenvalue weighted by Gasteiger charge is -2.42. The molecule has 17 heteroatoms. The van der Waals surface area contributed by atoms with Gasteiger partial charge in [-0.25, -0.2) is 22.8 Å². The van der Waals surface area contributed by atoms with Crippen molar-refractivity contribution in [3.8, 4) is 23.2 Å². The van der Waals surface area contributed by atoms with Crippen molar-refractivity contribution in [1.29, 1.82) is 5.26 Å². The van der Waals surface area contributed by atoms with Gasteiger partial charge in [0.2, 0.25) is 0 Å². The standard InChI is InChI=1S/C41H46F3N7O6S/c1-40(2,3)56-38(52)48-36-24(13-45)29-28(58-36)11-10-27(43)32(29)30-25-18-54-19-26(25)31-34(33(30)44)46-37(55-17-23-12-20(42)14-49(23)7)47-35(31)51-21-8-9-22(51)16-50(15-21)39(53)57-41(4,5)6/h10-11,20-23H,8-9,12,14-19H2,1-7H3,(H,48,52)/t20-,21?,22?,23+/m1/s1. The van der Waals surface area contributed by atoms with Crippen LogP contribution in [0.1, 0.15) is 77.5 Å². The van der Waals surface area contributed by atoms with Crippen LogP contribution in [0, 0.1) is 23.0 Å². The fraction of sp³-hybridized carbons (Fsp3) is 0.537. The third-order valence-electron chi connectivity index (χ3n) is 11.0. The number of benzene rings is 2. The van der Waals surface area contributed by atoms with E-state index in [1.54, 1.807) is 32.7 Å². The first-order valence-corrected chi connectivity index (χ1v) is 20.2. The molecule has 2 aromatic carbocycles. The normalized spacial score (nSPS) is 22.1. The van der Waals surface area contributed by atoms with Crippen molar-refractivity contribution >= 4 is 55.3 Å². The highest BCUT2D eigenvalue weighted by molar-refractivity contribution is 7.23. The summed E-state index contributed by atoms with van der Waals surface area (Å²) in [7, 11) is 1.81. The maximum atomic E-state index is 17.8. The number of piperazine rings is 1. The summed E-state index contributed by atoms with van der Waals surface area (Å²) in [6.45, 7) is 11.5. The highest BCUT2D eigenvalue weighted by Crippen LogP contribution is 2.49. The van der Waals surface area contributed by atoms with E-state index >= 15 is 8.78 Å². The molecule has 6 heterocycles. The van der Waals surface area contributed by atoms with Gasteiger partial charge in [0, 0.05) is 59.0 Å². The molecule has 3 fully saturated rings. The predicted molar refractivity (Wildman–Crippen MR) is 212 cm³/mol. The van der Waals surface area contributed by atoms with Crippen molar-refractivity contribution < 1.29 is 41.7 Å². The number of carbonyl (C=O) groups excluding carboxylic acids is 2. The summed E-state index contributed by atoms with van der Waals surface area (Å²) in [4.78, 5) is 41.3. The molecule has 3 saturated heterocycles. The van der Waals surface area contributed by atoms with E-state index in [-0.39, 0.29) is 89.5 Å². The van der Waals surface area contributed by atoms with Gasteiger partial charge >= 0.3 is 18.2 Å². The Morgan fingerprint density at radius 2 is 1.67 bits per heavy atom. The lowest BCUT2D eigenvalue weighted by Crippen LogP contribution is -2.56. The molecule has 2 aromatic heterocycles. The number of hydrogen-bond donors (Lipinski definition) is 1. The van der Waals surface area contributed by atoms with Crippen molar-refractivity contribution in [2.45, 2.75) is 110 Å². The number of nitriles is 1. The molecule has 4 aliphatic heterocycles. The Labute approximate surface area is 338 Å². The van der Waals surface area contributed by atoms with Crippen molar-refractivity contribution in [2.75, 3.05) is 43.5 Å². The second kappa shape index (κ2) is 14.7. The predicted octanol–water partition coefficient (Wildman–Crippen LogP) is 8.05. The quantitative estimate of drug-likeness (QED) is 0.202. The number of hydrogen-bond acceptors (Lipinski definition) is 12. The van der Waals surface area contributed by atoms with E-state index in [2.05, 4.69) is 21.3 Å². The zero-order valence-corrected chi connectivity index (χ0v) is 34.3. The lowest BCUT2D eigenvalue weighted by molar-refractivity contribution is 0.0209. The Hall–Kier alpha value is -4.92. The Morgan fingerprint density at radius 1 is 0.983 bits per heavy atom. The topological polar surface area (TPSA) is 142 Å². The number of thiophene rings is 1. The number of anilines is 2. The summed E-state index contributed by atoms with van der Waals surface area (Å²) < 4.78 is 72.3. The van der Waals surface area contributed by atoms with Crippen LogP contribution < -0.4 is 15.0 Å². The van der Waals surface area contributed by atoms with Crippen LogP contribution in [0.25, 0.3) is 32.1 Å². The molecule has 1 N–H and O–H groups in total. The average molecular weight is 822 g/mol. The molecular weight excluding hydrogens is 776 g/mol. The van der Waals surface area contributed by atoms with Crippen LogP contribution in [0.15, 0.2) is 12.1 Å². The fourth-order valence-electron chi connectivity index (χ4n) is 8.61. The number of halogens is 3. The summed E-state index contributed by atoms with van der Waals surface area (Å²) in [5, 5.41) is 13.7. The van der Waals surface area contributed by atoms with Gasteiger partial charge in [0.15, 0.2) is 5.82 Å². The van der Waals surface area contributed by atoms with E-state index in [4.69, 9.17) is 23.9 Å². The molecule has 8 rings (SSSR count). The number of alkyl halides is 1. The van der Waals surface area contributed by atoms with Gasteiger partial charge in [0.1, 0.15) is 52.2 Å². The molecule has 2 unspecified atom stereocenters. The summed E-state index contributed by atoms with van der Waals surface area (Å²) >= 11 is 1.04. The van der Waals surface area contributed by atoms with Crippen molar-refractivity contribution in [3.63, 3.8) is 0 Å². The van der Waals surface area contributed by atoms with Gasteiger partial charge in [-0.3, -0.25) is 10.2 Å². The molecule has 0 aliphatic carbocycles. The highest BCUT2D eigenvalue weighted by atomic mass is 32.1. The van der Waals surface area contributed by atoms with Crippen LogP contribution in [0.5, 0.6) is 6.01 Å². The Bertz CT molecular complexity index is 2360. The van der Waals surface area contributed by atoms with Crippen LogP contribution >= 0.6 is 11.3 Å². The highest BCUT2D eigenvalue weighted by Gasteiger charge is 2.45. The molecular formula is C41H46F3N7O6S. The second-order valence-electron chi connectivity index (χ2n) is 17.4. The minimum atomic E-state index is -1.01. The van der Waals surface area contributed by atoms with E-state index < -0.39 is 41.2 Å². The minimum Gasteiger partial charge on any atom is -0.462 e. The second-order valence-corrected chi connectivity index (χ2v) is 18.5. The summed E-state index contributed by atoms with van der Waals surface area (Å²) in [5.74, 6) is -1.25. The molecule has 0 spiro atoms. The number of carbonyl (C=O) groups is 2.